The molecule has 0 radical (unpaired) electrons. The summed E-state index contributed by atoms with van der Waals surface area (Å²) < 4.78 is 1.34. The summed E-state index contributed by atoms with van der Waals surface area (Å²) in [4.78, 5) is 16.4. The number of nitrogens with one attached hydrogen (secondary N) is 1. The molecule has 0 unspecified atom stereocenters. The molecule has 108 valence electrons. The van der Waals surface area contributed by atoms with Crippen LogP contribution in [0.25, 0.3) is 4.96 Å². The molecular weight excluding hydrogens is 300 g/mol. The number of rotatable bonds is 4. The number of hydrogen-bond acceptors (Lipinski definition) is 5. The number of hydrogen-bond donors (Lipinski definition) is 1. The fourth-order valence-electron chi connectivity index (χ4n) is 2.10. The summed E-state index contributed by atoms with van der Waals surface area (Å²) in [6.07, 6.45) is 2.38. The van der Waals surface area contributed by atoms with Crippen LogP contribution in [-0.4, -0.2) is 28.8 Å². The molecule has 0 aliphatic heterocycles. The van der Waals surface area contributed by atoms with Crippen LogP contribution in [0.5, 0.6) is 0 Å². The van der Waals surface area contributed by atoms with Gasteiger partial charge in [0.2, 0.25) is 10.1 Å². The highest BCUT2D eigenvalue weighted by molar-refractivity contribution is 7.20. The Labute approximate surface area is 127 Å². The molecule has 0 fully saturated rings. The largest absolute Gasteiger partial charge is 0.363 e. The highest BCUT2D eigenvalue weighted by atomic mass is 32.1. The van der Waals surface area contributed by atoms with Crippen LogP contribution in [0, 0.1) is 0 Å². The summed E-state index contributed by atoms with van der Waals surface area (Å²) in [7, 11) is -1.58. The van der Waals surface area contributed by atoms with E-state index in [1.807, 2.05) is 6.07 Å². The highest BCUT2D eigenvalue weighted by Gasteiger charge is 2.23. The van der Waals surface area contributed by atoms with Gasteiger partial charge >= 0.3 is 0 Å². The fraction of sp³-hybridized carbons (Fsp3) is 0.214. The molecule has 1 aromatic carbocycles. The van der Waals surface area contributed by atoms with E-state index in [0.717, 1.165) is 11.3 Å². The first-order valence-corrected chi connectivity index (χ1v) is 10.7. The van der Waals surface area contributed by atoms with E-state index in [4.69, 9.17) is 0 Å². The summed E-state index contributed by atoms with van der Waals surface area (Å²) >= 11 is 1.40. The van der Waals surface area contributed by atoms with E-state index in [2.05, 4.69) is 52.8 Å². The van der Waals surface area contributed by atoms with Gasteiger partial charge in [0, 0.05) is 18.4 Å². The molecule has 1 N–H and O–H groups in total. The molecule has 3 aromatic rings. The second-order valence-electron chi connectivity index (χ2n) is 5.49. The second kappa shape index (κ2) is 5.42. The molecule has 0 bridgehead atoms. The average molecular weight is 316 g/mol. The lowest BCUT2D eigenvalue weighted by Crippen LogP contribution is -2.48. The quantitative estimate of drug-likeness (QED) is 0.745. The molecule has 0 aliphatic rings. The first-order valence-electron chi connectivity index (χ1n) is 6.70. The Hall–Kier alpha value is -1.99. The predicted molar refractivity (Wildman–Crippen MR) is 89.2 cm³/mol. The Morgan fingerprint density at radius 1 is 1.24 bits per heavy atom. The van der Waals surface area contributed by atoms with Crippen LogP contribution < -0.4 is 16.1 Å². The van der Waals surface area contributed by atoms with E-state index in [1.54, 1.807) is 0 Å². The molecule has 5 nitrogen and oxygen atoms in total. The fourth-order valence-corrected chi connectivity index (χ4v) is 4.91. The van der Waals surface area contributed by atoms with Crippen molar-refractivity contribution < 1.29 is 0 Å². The zero-order chi connectivity index (χ0) is 14.9. The lowest BCUT2D eigenvalue weighted by atomic mass is 10.4. The maximum absolute atomic E-state index is 11.7. The van der Waals surface area contributed by atoms with Gasteiger partial charge in [0.05, 0.1) is 0 Å². The van der Waals surface area contributed by atoms with Crippen molar-refractivity contribution in [1.82, 2.24) is 14.6 Å². The molecule has 0 amide bonds. The summed E-state index contributed by atoms with van der Waals surface area (Å²) in [5.41, 5.74) is -0.149. The van der Waals surface area contributed by atoms with Gasteiger partial charge in [-0.05, 0) is 0 Å². The first kappa shape index (κ1) is 14.0. The topological polar surface area (TPSA) is 59.3 Å². The van der Waals surface area contributed by atoms with Crippen molar-refractivity contribution in [2.75, 3.05) is 11.5 Å². The van der Waals surface area contributed by atoms with Gasteiger partial charge in [-0.15, -0.1) is 5.10 Å². The van der Waals surface area contributed by atoms with E-state index < -0.39 is 8.07 Å². The molecule has 2 heterocycles. The Morgan fingerprint density at radius 2 is 2.00 bits per heavy atom. The van der Waals surface area contributed by atoms with E-state index in [0.29, 0.717) is 4.96 Å². The summed E-state index contributed by atoms with van der Waals surface area (Å²) in [5, 5.41) is 9.79. The van der Waals surface area contributed by atoms with Gasteiger partial charge in [0.15, 0.2) is 0 Å². The number of benzene rings is 1. The van der Waals surface area contributed by atoms with Crippen LogP contribution in [0.2, 0.25) is 13.1 Å². The van der Waals surface area contributed by atoms with Gasteiger partial charge in [0.1, 0.15) is 8.07 Å². The van der Waals surface area contributed by atoms with E-state index in [-0.39, 0.29) is 5.56 Å². The first-order chi connectivity index (χ1) is 10.1. The van der Waals surface area contributed by atoms with Crippen molar-refractivity contribution in [1.29, 1.82) is 0 Å². The van der Waals surface area contributed by atoms with Crippen LogP contribution in [0.15, 0.2) is 47.4 Å². The number of anilines is 1. The molecule has 0 saturated carbocycles. The van der Waals surface area contributed by atoms with Gasteiger partial charge in [-0.25, -0.2) is 4.98 Å². The van der Waals surface area contributed by atoms with Crippen molar-refractivity contribution in [3.05, 3.63) is 52.9 Å². The van der Waals surface area contributed by atoms with Crippen molar-refractivity contribution in [3.8, 4) is 0 Å². The van der Waals surface area contributed by atoms with Crippen LogP contribution in [-0.2, 0) is 0 Å². The highest BCUT2D eigenvalue weighted by Crippen LogP contribution is 2.16. The van der Waals surface area contributed by atoms with Gasteiger partial charge in [0.25, 0.3) is 5.56 Å². The Bertz CT molecular complexity index is 812. The monoisotopic (exact) mass is 316 g/mol. The van der Waals surface area contributed by atoms with Gasteiger partial charge in [-0.3, -0.25) is 4.79 Å². The summed E-state index contributed by atoms with van der Waals surface area (Å²) in [6.45, 7) is 4.63. The average Bonchev–Trinajstić information content (AvgIpc) is 2.91. The number of fused-ring (bicyclic) bond motifs is 1. The summed E-state index contributed by atoms with van der Waals surface area (Å²) in [6, 6.07) is 12.0. The van der Waals surface area contributed by atoms with Gasteiger partial charge in [-0.1, -0.05) is 59.9 Å². The third-order valence-corrected chi connectivity index (χ3v) is 7.24. The predicted octanol–water partition coefficient (Wildman–Crippen LogP) is 1.72. The minimum absolute atomic E-state index is 0.149. The molecule has 0 atom stereocenters. The Balaban J connectivity index is 1.80. The third-order valence-electron chi connectivity index (χ3n) is 3.41. The molecule has 21 heavy (non-hydrogen) atoms. The second-order valence-corrected chi connectivity index (χ2v) is 11.1. The lowest BCUT2D eigenvalue weighted by Gasteiger charge is -2.22. The molecule has 0 aliphatic carbocycles. The van der Waals surface area contributed by atoms with Crippen molar-refractivity contribution in [3.63, 3.8) is 0 Å². The van der Waals surface area contributed by atoms with E-state index >= 15 is 0 Å². The van der Waals surface area contributed by atoms with Crippen LogP contribution in [0.1, 0.15) is 0 Å². The number of nitrogens with zero attached hydrogens (tertiary/aromatic N) is 3. The van der Waals surface area contributed by atoms with Crippen LogP contribution in [0.3, 0.4) is 0 Å². The van der Waals surface area contributed by atoms with Gasteiger partial charge < -0.3 is 5.32 Å². The van der Waals surface area contributed by atoms with Crippen molar-refractivity contribution in [2.45, 2.75) is 13.1 Å². The SMILES string of the molecule is C[Si](C)(CNc1nn2c(=O)ccnc2s1)c1ccccc1. The molecular formula is C14H16N4OSSi. The smallest absolute Gasteiger partial charge is 0.275 e. The zero-order valence-electron chi connectivity index (χ0n) is 11.9. The van der Waals surface area contributed by atoms with Crippen molar-refractivity contribution in [2.24, 2.45) is 0 Å². The lowest BCUT2D eigenvalue weighted by molar-refractivity contribution is 0.900. The van der Waals surface area contributed by atoms with Crippen LogP contribution >= 0.6 is 11.3 Å². The van der Waals surface area contributed by atoms with E-state index in [9.17, 15) is 4.79 Å². The zero-order valence-corrected chi connectivity index (χ0v) is 13.7. The molecule has 3 rings (SSSR count). The normalized spacial score (nSPS) is 11.7. The maximum Gasteiger partial charge on any atom is 0.275 e. The Morgan fingerprint density at radius 3 is 2.71 bits per heavy atom. The molecule has 0 saturated heterocycles. The minimum atomic E-state index is -1.58. The van der Waals surface area contributed by atoms with E-state index in [1.165, 1.54) is 33.3 Å². The summed E-state index contributed by atoms with van der Waals surface area (Å²) in [5.74, 6) is 0. The molecule has 7 heteroatoms. The number of aromatic nitrogens is 3. The van der Waals surface area contributed by atoms with Crippen LogP contribution in [0.4, 0.5) is 5.13 Å². The van der Waals surface area contributed by atoms with Gasteiger partial charge in [-0.2, -0.15) is 4.52 Å². The minimum Gasteiger partial charge on any atom is -0.363 e. The van der Waals surface area contributed by atoms with Crippen molar-refractivity contribution >= 4 is 34.7 Å². The third kappa shape index (κ3) is 2.88. The molecule has 0 spiro atoms. The molecule has 2 aromatic heterocycles. The standard InChI is InChI=1S/C14H16N4OSSi/c1-21(2,11-6-4-3-5-7-11)10-16-13-17-18-12(19)8-9-15-14(18)20-13/h3-9H,10H2,1-2H3,(H,16,17). The maximum atomic E-state index is 11.7. The Kier molecular flexibility index (Phi) is 3.60.